The fourth-order valence-electron chi connectivity index (χ4n) is 3.78. The highest BCUT2D eigenvalue weighted by Gasteiger charge is 2.24. The summed E-state index contributed by atoms with van der Waals surface area (Å²) in [5.41, 5.74) is 2.64. The minimum absolute atomic E-state index is 0.0539. The van der Waals surface area contributed by atoms with E-state index in [-0.39, 0.29) is 11.8 Å². The number of carbonyl (C=O) groups excluding carboxylic acids is 2. The van der Waals surface area contributed by atoms with Gasteiger partial charge in [-0.25, -0.2) is 4.98 Å². The van der Waals surface area contributed by atoms with E-state index in [1.54, 1.807) is 11.8 Å². The molecule has 0 bridgehead atoms. The van der Waals surface area contributed by atoms with Gasteiger partial charge < -0.3 is 14.6 Å². The van der Waals surface area contributed by atoms with Gasteiger partial charge in [-0.2, -0.15) is 0 Å². The first-order valence-corrected chi connectivity index (χ1v) is 12.1. The van der Waals surface area contributed by atoms with Crippen molar-refractivity contribution in [2.75, 3.05) is 39.3 Å². The molecule has 0 spiro atoms. The van der Waals surface area contributed by atoms with E-state index in [4.69, 9.17) is 0 Å². The zero-order valence-electron chi connectivity index (χ0n) is 18.4. The number of pyridine rings is 1. The maximum absolute atomic E-state index is 13.2. The Morgan fingerprint density at radius 3 is 2.62 bits per heavy atom. The van der Waals surface area contributed by atoms with Crippen LogP contribution in [0.3, 0.4) is 0 Å². The minimum atomic E-state index is 0.0539. The van der Waals surface area contributed by atoms with Crippen molar-refractivity contribution in [2.45, 2.75) is 24.0 Å². The van der Waals surface area contributed by atoms with Crippen LogP contribution in [0.5, 0.6) is 0 Å². The first kappa shape index (κ1) is 22.4. The molecule has 4 rings (SSSR count). The van der Waals surface area contributed by atoms with Crippen LogP contribution in [0, 0.1) is 0 Å². The van der Waals surface area contributed by atoms with E-state index in [1.807, 2.05) is 71.1 Å². The van der Waals surface area contributed by atoms with Gasteiger partial charge in [-0.15, -0.1) is 11.8 Å². The van der Waals surface area contributed by atoms with Crippen LogP contribution in [0.2, 0.25) is 0 Å². The molecule has 0 unspecified atom stereocenters. The van der Waals surface area contributed by atoms with Crippen molar-refractivity contribution in [3.05, 3.63) is 66.1 Å². The second kappa shape index (κ2) is 10.7. The third-order valence-corrected chi connectivity index (χ3v) is 6.61. The molecule has 0 saturated carbocycles. The zero-order valence-corrected chi connectivity index (χ0v) is 19.2. The normalized spacial score (nSPS) is 14.6. The highest BCUT2D eigenvalue weighted by Crippen LogP contribution is 2.27. The van der Waals surface area contributed by atoms with Crippen molar-refractivity contribution < 1.29 is 9.59 Å². The van der Waals surface area contributed by atoms with Crippen LogP contribution in [-0.4, -0.2) is 70.3 Å². The van der Waals surface area contributed by atoms with Crippen LogP contribution < -0.4 is 5.32 Å². The summed E-state index contributed by atoms with van der Waals surface area (Å²) in [5.74, 6) is 0.811. The highest BCUT2D eigenvalue weighted by molar-refractivity contribution is 7.98. The van der Waals surface area contributed by atoms with Gasteiger partial charge in [0.2, 0.25) is 5.91 Å². The van der Waals surface area contributed by atoms with Crippen molar-refractivity contribution >= 4 is 29.2 Å². The lowest BCUT2D eigenvalue weighted by Crippen LogP contribution is -2.51. The van der Waals surface area contributed by atoms with Crippen molar-refractivity contribution in [2.24, 2.45) is 0 Å². The SMILES string of the molecule is CCCNC(=O)CN1CCN(C(=O)c2ccccc2SCc2cn3ccccc3n2)CC1. The quantitative estimate of drug-likeness (QED) is 0.534. The van der Waals surface area contributed by atoms with Gasteiger partial charge in [0.15, 0.2) is 0 Å². The number of imidazole rings is 1. The molecule has 1 aliphatic rings. The lowest BCUT2D eigenvalue weighted by molar-refractivity contribution is -0.122. The molecule has 0 atom stereocenters. The Labute approximate surface area is 192 Å². The number of benzene rings is 1. The Kier molecular flexibility index (Phi) is 7.44. The number of amides is 2. The summed E-state index contributed by atoms with van der Waals surface area (Å²) in [6, 6.07) is 13.7. The molecule has 2 aromatic heterocycles. The van der Waals surface area contributed by atoms with Crippen molar-refractivity contribution in [1.29, 1.82) is 0 Å². The Morgan fingerprint density at radius 1 is 1.06 bits per heavy atom. The van der Waals surface area contributed by atoms with Crippen molar-refractivity contribution in [1.82, 2.24) is 24.5 Å². The van der Waals surface area contributed by atoms with E-state index >= 15 is 0 Å². The van der Waals surface area contributed by atoms with Crippen molar-refractivity contribution in [3.63, 3.8) is 0 Å². The van der Waals surface area contributed by atoms with Crippen LogP contribution in [0.1, 0.15) is 29.4 Å². The number of aromatic nitrogens is 2. The predicted octanol–water partition coefficient (Wildman–Crippen LogP) is 2.91. The number of hydrogen-bond acceptors (Lipinski definition) is 5. The van der Waals surface area contributed by atoms with E-state index in [0.29, 0.717) is 45.0 Å². The molecular weight excluding hydrogens is 422 g/mol. The third-order valence-electron chi connectivity index (χ3n) is 5.51. The van der Waals surface area contributed by atoms with Crippen LogP contribution in [-0.2, 0) is 10.5 Å². The molecule has 1 aliphatic heterocycles. The minimum Gasteiger partial charge on any atom is -0.355 e. The molecule has 7 nitrogen and oxygen atoms in total. The van der Waals surface area contributed by atoms with E-state index in [0.717, 1.165) is 28.2 Å². The summed E-state index contributed by atoms with van der Waals surface area (Å²) in [6.45, 7) is 5.83. The smallest absolute Gasteiger partial charge is 0.255 e. The maximum atomic E-state index is 13.2. The molecule has 8 heteroatoms. The first-order valence-electron chi connectivity index (χ1n) is 11.1. The molecule has 1 N–H and O–H groups in total. The Bertz CT molecular complexity index is 1040. The number of nitrogens with zero attached hydrogens (tertiary/aromatic N) is 4. The summed E-state index contributed by atoms with van der Waals surface area (Å²) in [4.78, 5) is 34.8. The summed E-state index contributed by atoms with van der Waals surface area (Å²) in [7, 11) is 0. The molecular formula is C24H29N5O2S. The summed E-state index contributed by atoms with van der Waals surface area (Å²) in [5, 5.41) is 2.91. The molecule has 2 amide bonds. The van der Waals surface area contributed by atoms with Gasteiger partial charge in [-0.05, 0) is 30.7 Å². The predicted molar refractivity (Wildman–Crippen MR) is 127 cm³/mol. The van der Waals surface area contributed by atoms with Crippen LogP contribution in [0.15, 0.2) is 59.8 Å². The molecule has 32 heavy (non-hydrogen) atoms. The van der Waals surface area contributed by atoms with E-state index in [2.05, 4.69) is 15.2 Å². The largest absolute Gasteiger partial charge is 0.355 e. The first-order chi connectivity index (χ1) is 15.6. The van der Waals surface area contributed by atoms with Gasteiger partial charge in [-0.1, -0.05) is 25.1 Å². The lowest BCUT2D eigenvalue weighted by atomic mass is 10.2. The van der Waals surface area contributed by atoms with E-state index in [9.17, 15) is 9.59 Å². The molecule has 1 saturated heterocycles. The fourth-order valence-corrected chi connectivity index (χ4v) is 4.71. The number of carbonyl (C=O) groups is 2. The fraction of sp³-hybridized carbons (Fsp3) is 0.375. The number of nitrogens with one attached hydrogen (secondary N) is 1. The Hall–Kier alpha value is -2.84. The molecule has 3 aromatic rings. The second-order valence-electron chi connectivity index (χ2n) is 7.90. The van der Waals surface area contributed by atoms with Gasteiger partial charge in [-0.3, -0.25) is 14.5 Å². The molecule has 3 heterocycles. The zero-order chi connectivity index (χ0) is 22.3. The average molecular weight is 452 g/mol. The number of hydrogen-bond donors (Lipinski definition) is 1. The monoisotopic (exact) mass is 451 g/mol. The number of thioether (sulfide) groups is 1. The lowest BCUT2D eigenvalue weighted by Gasteiger charge is -2.34. The van der Waals surface area contributed by atoms with Crippen LogP contribution in [0.25, 0.3) is 5.65 Å². The van der Waals surface area contributed by atoms with Crippen LogP contribution in [0.4, 0.5) is 0 Å². The summed E-state index contributed by atoms with van der Waals surface area (Å²) in [6.07, 6.45) is 4.95. The Balaban J connectivity index is 1.35. The topological polar surface area (TPSA) is 70.0 Å². The molecule has 1 fully saturated rings. The number of rotatable bonds is 8. The third kappa shape index (κ3) is 5.49. The number of fused-ring (bicyclic) bond motifs is 1. The molecule has 0 radical (unpaired) electrons. The molecule has 0 aliphatic carbocycles. The van der Waals surface area contributed by atoms with Gasteiger partial charge >= 0.3 is 0 Å². The van der Waals surface area contributed by atoms with Gasteiger partial charge in [0.1, 0.15) is 5.65 Å². The van der Waals surface area contributed by atoms with E-state index < -0.39 is 0 Å². The average Bonchev–Trinajstić information content (AvgIpc) is 3.25. The molecule has 168 valence electrons. The maximum Gasteiger partial charge on any atom is 0.255 e. The van der Waals surface area contributed by atoms with Crippen molar-refractivity contribution in [3.8, 4) is 0 Å². The van der Waals surface area contributed by atoms with Gasteiger partial charge in [0.25, 0.3) is 5.91 Å². The van der Waals surface area contributed by atoms with Crippen LogP contribution >= 0.6 is 11.8 Å². The summed E-state index contributed by atoms with van der Waals surface area (Å²) < 4.78 is 2.01. The number of piperazine rings is 1. The Morgan fingerprint density at radius 2 is 1.84 bits per heavy atom. The highest BCUT2D eigenvalue weighted by atomic mass is 32.2. The summed E-state index contributed by atoms with van der Waals surface area (Å²) >= 11 is 1.64. The van der Waals surface area contributed by atoms with Gasteiger partial charge in [0.05, 0.1) is 17.8 Å². The second-order valence-corrected chi connectivity index (χ2v) is 8.92. The van der Waals surface area contributed by atoms with Gasteiger partial charge in [0, 0.05) is 55.8 Å². The molecule has 1 aromatic carbocycles. The van der Waals surface area contributed by atoms with E-state index in [1.165, 1.54) is 0 Å². The standard InChI is InChI=1S/C24H29N5O2S/c1-2-10-25-23(30)17-27-12-14-28(15-13-27)24(31)20-7-3-4-8-21(20)32-18-19-16-29-11-6-5-9-22(29)26-19/h3-9,11,16H,2,10,12-15,17-18H2,1H3,(H,25,30).